The number of guanidine groups is 1. The predicted molar refractivity (Wildman–Crippen MR) is 83.2 cm³/mol. The third-order valence-electron chi connectivity index (χ3n) is 3.62. The quantitative estimate of drug-likeness (QED) is 0.652. The molecule has 0 aromatic carbocycles. The van der Waals surface area contributed by atoms with Crippen molar-refractivity contribution in [1.82, 2.24) is 20.5 Å². The highest BCUT2D eigenvalue weighted by molar-refractivity contribution is 5.79. The molecule has 23 heavy (non-hydrogen) atoms. The number of nitrogens with zero attached hydrogens (tertiary/aromatic N) is 3. The SMILES string of the molecule is CN=C(NCc1cccc(C)n1)NC1CCN(CC(F)(F)F)C1. The number of rotatable bonds is 4. The number of hydrogen-bond acceptors (Lipinski definition) is 3. The van der Waals surface area contributed by atoms with Crippen LogP contribution in [0, 0.1) is 6.92 Å². The molecule has 1 aromatic rings. The van der Waals surface area contributed by atoms with Gasteiger partial charge in [0.2, 0.25) is 0 Å². The summed E-state index contributed by atoms with van der Waals surface area (Å²) in [4.78, 5) is 9.91. The molecule has 2 N–H and O–H groups in total. The number of halogens is 3. The Morgan fingerprint density at radius 2 is 2.22 bits per heavy atom. The molecule has 1 atom stereocenters. The number of alkyl halides is 3. The summed E-state index contributed by atoms with van der Waals surface area (Å²) in [6, 6.07) is 5.73. The molecule has 1 aliphatic heterocycles. The van der Waals surface area contributed by atoms with Gasteiger partial charge in [0.15, 0.2) is 5.96 Å². The molecule has 0 radical (unpaired) electrons. The zero-order chi connectivity index (χ0) is 16.9. The van der Waals surface area contributed by atoms with Crippen molar-refractivity contribution in [2.24, 2.45) is 4.99 Å². The maximum atomic E-state index is 12.4. The fourth-order valence-electron chi connectivity index (χ4n) is 2.61. The molecule has 2 rings (SSSR count). The van der Waals surface area contributed by atoms with E-state index in [0.717, 1.165) is 11.4 Å². The smallest absolute Gasteiger partial charge is 0.352 e. The van der Waals surface area contributed by atoms with Crippen LogP contribution in [0.25, 0.3) is 0 Å². The summed E-state index contributed by atoms with van der Waals surface area (Å²) in [5, 5.41) is 6.31. The summed E-state index contributed by atoms with van der Waals surface area (Å²) in [6.45, 7) is 2.38. The average molecular weight is 329 g/mol. The fourth-order valence-corrected chi connectivity index (χ4v) is 2.61. The first-order valence-electron chi connectivity index (χ1n) is 7.54. The van der Waals surface area contributed by atoms with E-state index < -0.39 is 12.7 Å². The van der Waals surface area contributed by atoms with Gasteiger partial charge in [-0.1, -0.05) is 6.07 Å². The summed E-state index contributed by atoms with van der Waals surface area (Å²) >= 11 is 0. The second-order valence-corrected chi connectivity index (χ2v) is 5.68. The number of hydrogen-bond donors (Lipinski definition) is 2. The largest absolute Gasteiger partial charge is 0.401 e. The van der Waals surface area contributed by atoms with Crippen LogP contribution in [0.4, 0.5) is 13.2 Å². The molecule has 0 amide bonds. The standard InChI is InChI=1S/C15H22F3N5/c1-11-4-3-5-12(21-11)8-20-14(19-2)22-13-6-7-23(9-13)10-15(16,17)18/h3-5,13H,6-10H2,1-2H3,(H2,19,20,22). The van der Waals surface area contributed by atoms with Crippen molar-refractivity contribution in [3.63, 3.8) is 0 Å². The number of likely N-dealkylation sites (tertiary alicyclic amines) is 1. The Morgan fingerprint density at radius 3 is 2.87 bits per heavy atom. The summed E-state index contributed by atoms with van der Waals surface area (Å²) in [7, 11) is 1.64. The van der Waals surface area contributed by atoms with E-state index in [-0.39, 0.29) is 6.04 Å². The average Bonchev–Trinajstić information content (AvgIpc) is 2.88. The Morgan fingerprint density at radius 1 is 1.43 bits per heavy atom. The summed E-state index contributed by atoms with van der Waals surface area (Å²) in [6.07, 6.45) is -3.48. The van der Waals surface area contributed by atoms with Crippen molar-refractivity contribution in [3.8, 4) is 0 Å². The second-order valence-electron chi connectivity index (χ2n) is 5.68. The lowest BCUT2D eigenvalue weighted by atomic mass is 10.3. The van der Waals surface area contributed by atoms with Crippen LogP contribution in [0.1, 0.15) is 17.8 Å². The van der Waals surface area contributed by atoms with E-state index in [2.05, 4.69) is 20.6 Å². The topological polar surface area (TPSA) is 52.6 Å². The first-order valence-corrected chi connectivity index (χ1v) is 7.54. The molecule has 8 heteroatoms. The van der Waals surface area contributed by atoms with Crippen LogP contribution in [0.2, 0.25) is 0 Å². The van der Waals surface area contributed by atoms with Crippen LogP contribution in [0.3, 0.4) is 0 Å². The van der Waals surface area contributed by atoms with Crippen LogP contribution in [0.5, 0.6) is 0 Å². The third kappa shape index (κ3) is 6.05. The van der Waals surface area contributed by atoms with Gasteiger partial charge in [0.1, 0.15) is 0 Å². The molecular weight excluding hydrogens is 307 g/mol. The molecule has 0 spiro atoms. The number of aryl methyl sites for hydroxylation is 1. The molecule has 0 aliphatic carbocycles. The van der Waals surface area contributed by atoms with Crippen molar-refractivity contribution in [1.29, 1.82) is 0 Å². The number of nitrogens with one attached hydrogen (secondary N) is 2. The molecular formula is C15H22F3N5. The zero-order valence-corrected chi connectivity index (χ0v) is 13.3. The van der Waals surface area contributed by atoms with Gasteiger partial charge in [-0.15, -0.1) is 0 Å². The van der Waals surface area contributed by atoms with E-state index in [4.69, 9.17) is 0 Å². The van der Waals surface area contributed by atoms with E-state index in [9.17, 15) is 13.2 Å². The Hall–Kier alpha value is -1.83. The van der Waals surface area contributed by atoms with Crippen molar-refractivity contribution in [2.45, 2.75) is 32.1 Å². The Bertz CT molecular complexity index is 544. The molecule has 1 fully saturated rings. The van der Waals surface area contributed by atoms with E-state index in [1.54, 1.807) is 7.05 Å². The molecule has 1 aliphatic rings. The first-order chi connectivity index (χ1) is 10.9. The summed E-state index contributed by atoms with van der Waals surface area (Å²) in [5.41, 5.74) is 1.82. The van der Waals surface area contributed by atoms with Crippen molar-refractivity contribution in [2.75, 3.05) is 26.7 Å². The Kier molecular flexibility index (Phi) is 5.81. The summed E-state index contributed by atoms with van der Waals surface area (Å²) in [5.74, 6) is 0.576. The van der Waals surface area contributed by atoms with Crippen LogP contribution < -0.4 is 10.6 Å². The van der Waals surface area contributed by atoms with Gasteiger partial charge in [0.25, 0.3) is 0 Å². The van der Waals surface area contributed by atoms with Gasteiger partial charge in [-0.05, 0) is 25.5 Å². The van der Waals surface area contributed by atoms with Gasteiger partial charge >= 0.3 is 6.18 Å². The Balaban J connectivity index is 1.79. The molecule has 0 saturated carbocycles. The Labute approximate surface area is 134 Å². The van der Waals surface area contributed by atoms with Crippen LogP contribution >= 0.6 is 0 Å². The lowest BCUT2D eigenvalue weighted by Crippen LogP contribution is -2.45. The lowest BCUT2D eigenvalue weighted by molar-refractivity contribution is -0.143. The van der Waals surface area contributed by atoms with Crippen molar-refractivity contribution < 1.29 is 13.2 Å². The van der Waals surface area contributed by atoms with Crippen LogP contribution in [-0.4, -0.2) is 54.7 Å². The van der Waals surface area contributed by atoms with Gasteiger partial charge in [-0.25, -0.2) is 0 Å². The van der Waals surface area contributed by atoms with E-state index in [1.165, 1.54) is 4.90 Å². The predicted octanol–water partition coefficient (Wildman–Crippen LogP) is 1.69. The number of pyridine rings is 1. The van der Waals surface area contributed by atoms with E-state index in [1.807, 2.05) is 25.1 Å². The minimum absolute atomic E-state index is 0.0333. The van der Waals surface area contributed by atoms with Gasteiger partial charge < -0.3 is 10.6 Å². The molecule has 1 saturated heterocycles. The van der Waals surface area contributed by atoms with Crippen LogP contribution in [-0.2, 0) is 6.54 Å². The maximum Gasteiger partial charge on any atom is 0.401 e. The lowest BCUT2D eigenvalue weighted by Gasteiger charge is -2.19. The van der Waals surface area contributed by atoms with E-state index >= 15 is 0 Å². The monoisotopic (exact) mass is 329 g/mol. The molecule has 0 bridgehead atoms. The molecule has 1 aromatic heterocycles. The molecule has 128 valence electrons. The first kappa shape index (κ1) is 17.5. The van der Waals surface area contributed by atoms with Crippen molar-refractivity contribution >= 4 is 5.96 Å². The zero-order valence-electron chi connectivity index (χ0n) is 13.3. The molecule has 1 unspecified atom stereocenters. The second kappa shape index (κ2) is 7.63. The minimum atomic E-state index is -4.15. The third-order valence-corrected chi connectivity index (χ3v) is 3.62. The van der Waals surface area contributed by atoms with Gasteiger partial charge in [0, 0.05) is 31.9 Å². The van der Waals surface area contributed by atoms with Crippen LogP contribution in [0.15, 0.2) is 23.2 Å². The fraction of sp³-hybridized carbons (Fsp3) is 0.600. The number of aliphatic imine (C=N–C) groups is 1. The van der Waals surface area contributed by atoms with Gasteiger partial charge in [-0.3, -0.25) is 14.9 Å². The molecule has 2 heterocycles. The van der Waals surface area contributed by atoms with E-state index in [0.29, 0.717) is 32.0 Å². The highest BCUT2D eigenvalue weighted by Crippen LogP contribution is 2.19. The van der Waals surface area contributed by atoms with Gasteiger partial charge in [-0.2, -0.15) is 13.2 Å². The minimum Gasteiger partial charge on any atom is -0.352 e. The van der Waals surface area contributed by atoms with Crippen molar-refractivity contribution in [3.05, 3.63) is 29.6 Å². The summed E-state index contributed by atoms with van der Waals surface area (Å²) < 4.78 is 37.2. The number of aromatic nitrogens is 1. The van der Waals surface area contributed by atoms with Gasteiger partial charge in [0.05, 0.1) is 18.8 Å². The normalized spacial score (nSPS) is 19.9. The highest BCUT2D eigenvalue weighted by Gasteiger charge is 2.34. The maximum absolute atomic E-state index is 12.4. The highest BCUT2D eigenvalue weighted by atomic mass is 19.4. The molecule has 5 nitrogen and oxygen atoms in total.